The average molecular weight is 349 g/mol. The lowest BCUT2D eigenvalue weighted by Crippen LogP contribution is -2.47. The van der Waals surface area contributed by atoms with Gasteiger partial charge in [0.25, 0.3) is 0 Å². The van der Waals surface area contributed by atoms with Gasteiger partial charge in [-0.05, 0) is 18.6 Å². The van der Waals surface area contributed by atoms with Crippen LogP contribution in [0.25, 0.3) is 0 Å². The molecule has 5 nitrogen and oxygen atoms in total. The van der Waals surface area contributed by atoms with E-state index in [2.05, 4.69) is 45.6 Å². The van der Waals surface area contributed by atoms with E-state index in [-0.39, 0.29) is 5.91 Å². The molecule has 0 aromatic carbocycles. The minimum absolute atomic E-state index is 0.184. The summed E-state index contributed by atoms with van der Waals surface area (Å²) < 4.78 is 0. The number of thioether (sulfide) groups is 1. The lowest BCUT2D eigenvalue weighted by Gasteiger charge is -2.35. The van der Waals surface area contributed by atoms with Gasteiger partial charge in [0, 0.05) is 75.6 Å². The van der Waals surface area contributed by atoms with Gasteiger partial charge < -0.3 is 9.80 Å². The molecule has 24 heavy (non-hydrogen) atoms. The number of hydrogen-bond acceptors (Lipinski definition) is 5. The van der Waals surface area contributed by atoms with Gasteiger partial charge >= 0.3 is 0 Å². The standard InChI is InChI=1S/C18H28N4OS/c1-3-18-14-22(10-11-24-18)17-4-5-19-16(12-17)13-20-6-8-21(9-7-20)15(2)23/h4-5,12,18H,3,6-11,13-14H2,1-2H3/t18-/m1/s1. The monoisotopic (exact) mass is 348 g/mol. The number of anilines is 1. The summed E-state index contributed by atoms with van der Waals surface area (Å²) in [5.41, 5.74) is 2.44. The van der Waals surface area contributed by atoms with Crippen LogP contribution in [0.2, 0.25) is 0 Å². The summed E-state index contributed by atoms with van der Waals surface area (Å²) in [5, 5.41) is 0.745. The molecule has 0 bridgehead atoms. The van der Waals surface area contributed by atoms with Crippen molar-refractivity contribution in [2.24, 2.45) is 0 Å². The van der Waals surface area contributed by atoms with Crippen LogP contribution >= 0.6 is 11.8 Å². The van der Waals surface area contributed by atoms with Gasteiger partial charge in [0.05, 0.1) is 5.69 Å². The topological polar surface area (TPSA) is 39.7 Å². The number of rotatable bonds is 4. The number of piperazine rings is 1. The maximum absolute atomic E-state index is 11.4. The highest BCUT2D eigenvalue weighted by atomic mass is 32.2. The lowest BCUT2D eigenvalue weighted by molar-refractivity contribution is -0.130. The normalized spacial score (nSPS) is 22.7. The summed E-state index contributed by atoms with van der Waals surface area (Å²) >= 11 is 2.10. The van der Waals surface area contributed by atoms with Gasteiger partial charge in [-0.15, -0.1) is 0 Å². The maximum Gasteiger partial charge on any atom is 0.219 e. The minimum atomic E-state index is 0.184. The second-order valence-corrected chi connectivity index (χ2v) is 8.04. The molecule has 6 heteroatoms. The Labute approximate surface area is 149 Å². The van der Waals surface area contributed by atoms with Crippen LogP contribution in [0.15, 0.2) is 18.3 Å². The number of amides is 1. The molecule has 0 N–H and O–H groups in total. The molecule has 132 valence electrons. The zero-order valence-electron chi connectivity index (χ0n) is 14.8. The van der Waals surface area contributed by atoms with Crippen LogP contribution in [0.5, 0.6) is 0 Å². The van der Waals surface area contributed by atoms with Crippen LogP contribution in [0.4, 0.5) is 5.69 Å². The van der Waals surface area contributed by atoms with Gasteiger partial charge in [-0.2, -0.15) is 11.8 Å². The first kappa shape index (κ1) is 17.5. The summed E-state index contributed by atoms with van der Waals surface area (Å²) in [6.07, 6.45) is 3.18. The predicted molar refractivity (Wildman–Crippen MR) is 101 cm³/mol. The molecule has 1 aromatic heterocycles. The molecule has 2 fully saturated rings. The smallest absolute Gasteiger partial charge is 0.219 e. The molecule has 2 saturated heterocycles. The van der Waals surface area contributed by atoms with Crippen molar-refractivity contribution >= 4 is 23.4 Å². The molecule has 2 aliphatic rings. The van der Waals surface area contributed by atoms with Gasteiger partial charge in [0.2, 0.25) is 5.91 Å². The van der Waals surface area contributed by atoms with E-state index in [1.165, 1.54) is 17.9 Å². The molecule has 1 aromatic rings. The van der Waals surface area contributed by atoms with E-state index in [0.29, 0.717) is 0 Å². The molecule has 0 aliphatic carbocycles. The van der Waals surface area contributed by atoms with Crippen LogP contribution in [-0.2, 0) is 11.3 Å². The molecular formula is C18H28N4OS. The molecule has 1 atom stereocenters. The van der Waals surface area contributed by atoms with E-state index < -0.39 is 0 Å². The van der Waals surface area contributed by atoms with Gasteiger partial charge in [-0.25, -0.2) is 0 Å². The highest BCUT2D eigenvalue weighted by Gasteiger charge is 2.21. The maximum atomic E-state index is 11.4. The van der Waals surface area contributed by atoms with E-state index in [1.54, 1.807) is 6.92 Å². The number of carbonyl (C=O) groups excluding carboxylic acids is 1. The lowest BCUT2D eigenvalue weighted by atomic mass is 10.2. The van der Waals surface area contributed by atoms with Crippen molar-refractivity contribution in [1.29, 1.82) is 0 Å². The third-order valence-electron chi connectivity index (χ3n) is 4.96. The average Bonchev–Trinajstić information content (AvgIpc) is 2.62. The third-order valence-corrected chi connectivity index (χ3v) is 6.33. The Balaban J connectivity index is 1.58. The summed E-state index contributed by atoms with van der Waals surface area (Å²) in [6.45, 7) is 10.6. The first-order valence-electron chi connectivity index (χ1n) is 8.95. The van der Waals surface area contributed by atoms with Crippen LogP contribution in [0.1, 0.15) is 26.0 Å². The highest BCUT2D eigenvalue weighted by Crippen LogP contribution is 2.26. The van der Waals surface area contributed by atoms with Crippen LogP contribution in [0.3, 0.4) is 0 Å². The second kappa shape index (κ2) is 8.21. The van der Waals surface area contributed by atoms with Gasteiger partial charge in [0.15, 0.2) is 0 Å². The summed E-state index contributed by atoms with van der Waals surface area (Å²) in [4.78, 5) is 22.8. The van der Waals surface area contributed by atoms with Crippen LogP contribution in [0, 0.1) is 0 Å². The Kier molecular flexibility index (Phi) is 6.00. The third kappa shape index (κ3) is 4.42. The Morgan fingerprint density at radius 1 is 1.29 bits per heavy atom. The molecule has 3 rings (SSSR count). The summed E-state index contributed by atoms with van der Waals surface area (Å²) in [5.74, 6) is 1.40. The number of hydrogen-bond donors (Lipinski definition) is 0. The quantitative estimate of drug-likeness (QED) is 0.833. The summed E-state index contributed by atoms with van der Waals surface area (Å²) in [6, 6.07) is 4.39. The molecule has 3 heterocycles. The first-order chi connectivity index (χ1) is 11.7. The molecule has 2 aliphatic heterocycles. The molecule has 0 saturated carbocycles. The van der Waals surface area contributed by atoms with Crippen molar-refractivity contribution in [2.75, 3.05) is 49.9 Å². The predicted octanol–water partition coefficient (Wildman–Crippen LogP) is 2.08. The summed E-state index contributed by atoms with van der Waals surface area (Å²) in [7, 11) is 0. The van der Waals surface area contributed by atoms with Crippen molar-refractivity contribution in [1.82, 2.24) is 14.8 Å². The fourth-order valence-electron chi connectivity index (χ4n) is 3.40. The van der Waals surface area contributed by atoms with E-state index in [0.717, 1.165) is 56.8 Å². The minimum Gasteiger partial charge on any atom is -0.369 e. The fraction of sp³-hybridized carbons (Fsp3) is 0.667. The zero-order chi connectivity index (χ0) is 16.9. The number of nitrogens with zero attached hydrogens (tertiary/aromatic N) is 4. The Hall–Kier alpha value is -1.27. The zero-order valence-corrected chi connectivity index (χ0v) is 15.6. The number of pyridine rings is 1. The van der Waals surface area contributed by atoms with E-state index >= 15 is 0 Å². The van der Waals surface area contributed by atoms with Crippen molar-refractivity contribution in [3.05, 3.63) is 24.0 Å². The number of carbonyl (C=O) groups is 1. The molecule has 0 spiro atoms. The van der Waals surface area contributed by atoms with Gasteiger partial charge in [-0.3, -0.25) is 14.7 Å². The SMILES string of the molecule is CC[C@@H]1CN(c2ccnc(CN3CCN(C(C)=O)CC3)c2)CCS1. The van der Waals surface area contributed by atoms with Crippen LogP contribution in [-0.4, -0.2) is 71.0 Å². The van der Waals surface area contributed by atoms with Gasteiger partial charge in [-0.1, -0.05) is 6.92 Å². The molecule has 0 unspecified atom stereocenters. The second-order valence-electron chi connectivity index (χ2n) is 6.63. The number of aromatic nitrogens is 1. The fourth-order valence-corrected chi connectivity index (χ4v) is 4.58. The van der Waals surface area contributed by atoms with Crippen molar-refractivity contribution in [3.8, 4) is 0 Å². The van der Waals surface area contributed by atoms with E-state index in [4.69, 9.17) is 0 Å². The molecule has 0 radical (unpaired) electrons. The van der Waals surface area contributed by atoms with Crippen molar-refractivity contribution in [3.63, 3.8) is 0 Å². The molecule has 1 amide bonds. The Morgan fingerprint density at radius 3 is 2.79 bits per heavy atom. The van der Waals surface area contributed by atoms with Crippen LogP contribution < -0.4 is 4.90 Å². The Morgan fingerprint density at radius 2 is 2.08 bits per heavy atom. The van der Waals surface area contributed by atoms with Crippen molar-refractivity contribution < 1.29 is 4.79 Å². The van der Waals surface area contributed by atoms with Gasteiger partial charge in [0.1, 0.15) is 0 Å². The van der Waals surface area contributed by atoms with Crippen molar-refractivity contribution in [2.45, 2.75) is 32.1 Å². The van der Waals surface area contributed by atoms with E-state index in [1.807, 2.05) is 11.1 Å². The molecular weight excluding hydrogens is 320 g/mol. The first-order valence-corrected chi connectivity index (χ1v) is 10.00. The van der Waals surface area contributed by atoms with E-state index in [9.17, 15) is 4.79 Å². The largest absolute Gasteiger partial charge is 0.369 e. The highest BCUT2D eigenvalue weighted by molar-refractivity contribution is 8.00. The Bertz CT molecular complexity index is 560.